The second kappa shape index (κ2) is 7.68. The molecular weight excluding hydrogens is 326 g/mol. The molecule has 0 amide bonds. The van der Waals surface area contributed by atoms with Crippen LogP contribution in [0.3, 0.4) is 0 Å². The molecule has 26 heavy (non-hydrogen) atoms. The Bertz CT molecular complexity index is 836. The zero-order valence-corrected chi connectivity index (χ0v) is 14.7. The summed E-state index contributed by atoms with van der Waals surface area (Å²) in [7, 11) is 0. The van der Waals surface area contributed by atoms with Crippen molar-refractivity contribution in [2.75, 3.05) is 19.7 Å². The van der Waals surface area contributed by atoms with Crippen LogP contribution < -0.4 is 0 Å². The summed E-state index contributed by atoms with van der Waals surface area (Å²) < 4.78 is 5.87. The van der Waals surface area contributed by atoms with E-state index in [1.165, 1.54) is 0 Å². The molecule has 0 bridgehead atoms. The maximum atomic E-state index is 5.87. The summed E-state index contributed by atoms with van der Waals surface area (Å²) in [5.74, 6) is 0.754. The summed E-state index contributed by atoms with van der Waals surface area (Å²) in [4.78, 5) is 20.1. The molecule has 0 radical (unpaired) electrons. The van der Waals surface area contributed by atoms with Gasteiger partial charge in [-0.05, 0) is 6.92 Å². The van der Waals surface area contributed by atoms with E-state index in [1.807, 2.05) is 49.6 Å². The van der Waals surface area contributed by atoms with Crippen LogP contribution in [0.15, 0.2) is 55.1 Å². The quantitative estimate of drug-likeness (QED) is 0.723. The van der Waals surface area contributed by atoms with E-state index in [-0.39, 0.29) is 6.10 Å². The summed E-state index contributed by atoms with van der Waals surface area (Å²) in [5.41, 5.74) is 3.93. The van der Waals surface area contributed by atoms with Crippen molar-refractivity contribution >= 4 is 0 Å². The molecule has 1 fully saturated rings. The molecule has 132 valence electrons. The van der Waals surface area contributed by atoms with Crippen molar-refractivity contribution in [3.05, 3.63) is 72.1 Å². The third-order valence-corrected chi connectivity index (χ3v) is 4.42. The normalized spacial score (nSPS) is 18.0. The van der Waals surface area contributed by atoms with Crippen LogP contribution in [0.5, 0.6) is 0 Å². The maximum absolute atomic E-state index is 5.87. The first-order chi connectivity index (χ1) is 12.8. The number of aromatic nitrogens is 4. The minimum Gasteiger partial charge on any atom is -0.369 e. The molecule has 1 aliphatic heterocycles. The summed E-state index contributed by atoms with van der Waals surface area (Å²) >= 11 is 0. The van der Waals surface area contributed by atoms with Crippen LogP contribution in [-0.2, 0) is 11.3 Å². The molecule has 0 aliphatic carbocycles. The van der Waals surface area contributed by atoms with Gasteiger partial charge in [-0.1, -0.05) is 30.3 Å². The number of morpholine rings is 1. The molecular formula is C20H21N5O. The van der Waals surface area contributed by atoms with Crippen LogP contribution in [-0.4, -0.2) is 44.5 Å². The van der Waals surface area contributed by atoms with Crippen molar-refractivity contribution in [2.24, 2.45) is 0 Å². The number of aryl methyl sites for hydroxylation is 1. The number of hydrogen-bond donors (Lipinski definition) is 0. The fourth-order valence-electron chi connectivity index (χ4n) is 3.02. The zero-order valence-electron chi connectivity index (χ0n) is 14.7. The number of ether oxygens (including phenoxy) is 1. The van der Waals surface area contributed by atoms with E-state index >= 15 is 0 Å². The Hall–Kier alpha value is -2.70. The van der Waals surface area contributed by atoms with Crippen LogP contribution >= 0.6 is 0 Å². The average molecular weight is 347 g/mol. The molecule has 0 saturated carbocycles. The van der Waals surface area contributed by atoms with Crippen LogP contribution in [0.4, 0.5) is 0 Å². The smallest absolute Gasteiger partial charge is 0.159 e. The van der Waals surface area contributed by atoms with Crippen molar-refractivity contribution < 1.29 is 4.74 Å². The maximum Gasteiger partial charge on any atom is 0.159 e. The molecule has 6 heteroatoms. The van der Waals surface area contributed by atoms with E-state index in [2.05, 4.69) is 24.8 Å². The number of rotatable bonds is 4. The van der Waals surface area contributed by atoms with Gasteiger partial charge < -0.3 is 4.74 Å². The SMILES string of the molecule is Cc1cnc([C@H]2CN(Cc3cnc(-c4ccccc4)nc3)CCO2)cn1. The van der Waals surface area contributed by atoms with Gasteiger partial charge in [0, 0.05) is 49.4 Å². The van der Waals surface area contributed by atoms with Crippen LogP contribution in [0, 0.1) is 6.92 Å². The highest BCUT2D eigenvalue weighted by atomic mass is 16.5. The van der Waals surface area contributed by atoms with Crippen molar-refractivity contribution in [3.63, 3.8) is 0 Å². The minimum absolute atomic E-state index is 0.0404. The Kier molecular flexibility index (Phi) is 4.95. The first-order valence-corrected chi connectivity index (χ1v) is 8.77. The van der Waals surface area contributed by atoms with Crippen molar-refractivity contribution in [1.82, 2.24) is 24.8 Å². The van der Waals surface area contributed by atoms with Gasteiger partial charge in [0.05, 0.1) is 24.2 Å². The molecule has 1 saturated heterocycles. The molecule has 1 aliphatic rings. The summed E-state index contributed by atoms with van der Waals surface area (Å²) in [5, 5.41) is 0. The highest BCUT2D eigenvalue weighted by Gasteiger charge is 2.23. The van der Waals surface area contributed by atoms with E-state index < -0.39 is 0 Å². The topological polar surface area (TPSA) is 64.0 Å². The summed E-state index contributed by atoms with van der Waals surface area (Å²) in [6.45, 7) is 5.09. The van der Waals surface area contributed by atoms with Crippen molar-refractivity contribution in [2.45, 2.75) is 19.6 Å². The molecule has 1 atom stereocenters. The monoisotopic (exact) mass is 347 g/mol. The van der Waals surface area contributed by atoms with Gasteiger partial charge in [-0.25, -0.2) is 9.97 Å². The van der Waals surface area contributed by atoms with Crippen LogP contribution in [0.2, 0.25) is 0 Å². The predicted molar refractivity (Wildman–Crippen MR) is 98.2 cm³/mol. The van der Waals surface area contributed by atoms with Gasteiger partial charge in [-0.15, -0.1) is 0 Å². The summed E-state index contributed by atoms with van der Waals surface area (Å²) in [6, 6.07) is 10.0. The summed E-state index contributed by atoms with van der Waals surface area (Å²) in [6.07, 6.45) is 7.37. The molecule has 0 unspecified atom stereocenters. The third kappa shape index (κ3) is 3.92. The lowest BCUT2D eigenvalue weighted by Crippen LogP contribution is -2.38. The Morgan fingerprint density at radius 3 is 2.54 bits per heavy atom. The fraction of sp³-hybridized carbons (Fsp3) is 0.300. The molecule has 2 aromatic heterocycles. The molecule has 3 heterocycles. The second-order valence-corrected chi connectivity index (χ2v) is 6.46. The lowest BCUT2D eigenvalue weighted by molar-refractivity contribution is -0.0352. The number of benzene rings is 1. The van der Waals surface area contributed by atoms with Crippen LogP contribution in [0.25, 0.3) is 11.4 Å². The average Bonchev–Trinajstić information content (AvgIpc) is 2.70. The Balaban J connectivity index is 1.41. The van der Waals surface area contributed by atoms with Gasteiger partial charge in [0.15, 0.2) is 5.82 Å². The Labute approximate surface area is 152 Å². The standard InChI is InChI=1S/C20H21N5O/c1-15-9-22-18(12-21-15)19-14-25(7-8-26-19)13-16-10-23-20(24-11-16)17-5-3-2-4-6-17/h2-6,9-12,19H,7-8,13-14H2,1H3/t19-/m1/s1. The zero-order chi connectivity index (χ0) is 17.8. The lowest BCUT2D eigenvalue weighted by atomic mass is 10.2. The number of hydrogen-bond acceptors (Lipinski definition) is 6. The van der Waals surface area contributed by atoms with E-state index in [0.29, 0.717) is 6.61 Å². The van der Waals surface area contributed by atoms with Crippen molar-refractivity contribution in [3.8, 4) is 11.4 Å². The van der Waals surface area contributed by atoms with Gasteiger partial charge in [-0.3, -0.25) is 14.9 Å². The van der Waals surface area contributed by atoms with E-state index in [1.54, 1.807) is 12.4 Å². The minimum atomic E-state index is -0.0404. The van der Waals surface area contributed by atoms with Gasteiger partial charge in [0.1, 0.15) is 6.10 Å². The largest absolute Gasteiger partial charge is 0.369 e. The molecule has 6 nitrogen and oxygen atoms in total. The molecule has 0 spiro atoms. The first-order valence-electron chi connectivity index (χ1n) is 8.77. The molecule has 0 N–H and O–H groups in total. The van der Waals surface area contributed by atoms with Crippen molar-refractivity contribution in [1.29, 1.82) is 0 Å². The second-order valence-electron chi connectivity index (χ2n) is 6.46. The van der Waals surface area contributed by atoms with E-state index in [4.69, 9.17) is 4.74 Å². The highest BCUT2D eigenvalue weighted by Crippen LogP contribution is 2.21. The number of nitrogens with zero attached hydrogens (tertiary/aromatic N) is 5. The first kappa shape index (κ1) is 16.8. The molecule has 3 aromatic rings. The fourth-order valence-corrected chi connectivity index (χ4v) is 3.02. The Morgan fingerprint density at radius 2 is 1.81 bits per heavy atom. The van der Waals surface area contributed by atoms with Crippen LogP contribution in [0.1, 0.15) is 23.1 Å². The highest BCUT2D eigenvalue weighted by molar-refractivity contribution is 5.53. The predicted octanol–water partition coefficient (Wildman–Crippen LogP) is 2.82. The van der Waals surface area contributed by atoms with Gasteiger partial charge >= 0.3 is 0 Å². The van der Waals surface area contributed by atoms with E-state index in [9.17, 15) is 0 Å². The lowest BCUT2D eigenvalue weighted by Gasteiger charge is -2.32. The van der Waals surface area contributed by atoms with Gasteiger partial charge in [0.2, 0.25) is 0 Å². The Morgan fingerprint density at radius 1 is 1.00 bits per heavy atom. The molecule has 4 rings (SSSR count). The van der Waals surface area contributed by atoms with E-state index in [0.717, 1.165) is 48.0 Å². The van der Waals surface area contributed by atoms with Gasteiger partial charge in [-0.2, -0.15) is 0 Å². The third-order valence-electron chi connectivity index (χ3n) is 4.42. The van der Waals surface area contributed by atoms with Gasteiger partial charge in [0.25, 0.3) is 0 Å². The molecule has 1 aromatic carbocycles.